The summed E-state index contributed by atoms with van der Waals surface area (Å²) in [5, 5.41) is 10.4. The molecule has 0 unspecified atom stereocenters. The molecule has 1 heterocycles. The number of hydrogen-bond donors (Lipinski definition) is 1. The Balaban J connectivity index is 1.49. The standard InChI is InChI=1S/C23H32N2O2/c1-2-24-13-15-25(16-14-24)17-22(26)18-27-19-23(20-9-5-3-6-10-20)21-11-7-4-8-12-21/h3-12,22-23,26H,2,13-19H2,1H3/t22-/m0/s1. The predicted octanol–water partition coefficient (Wildman–Crippen LogP) is 2.83. The van der Waals surface area contributed by atoms with Gasteiger partial charge in [-0.1, -0.05) is 67.6 Å². The maximum absolute atomic E-state index is 10.4. The molecule has 1 aliphatic rings. The molecule has 2 aromatic rings. The molecule has 4 heteroatoms. The highest BCUT2D eigenvalue weighted by atomic mass is 16.5. The number of ether oxygens (including phenoxy) is 1. The minimum absolute atomic E-state index is 0.188. The Labute approximate surface area is 163 Å². The second kappa shape index (κ2) is 10.6. The van der Waals surface area contributed by atoms with Crippen LogP contribution in [0.4, 0.5) is 0 Å². The molecule has 0 saturated carbocycles. The molecular weight excluding hydrogens is 336 g/mol. The summed E-state index contributed by atoms with van der Waals surface area (Å²) in [6.45, 7) is 9.21. The van der Waals surface area contributed by atoms with E-state index in [9.17, 15) is 5.11 Å². The highest BCUT2D eigenvalue weighted by Gasteiger charge is 2.19. The molecule has 1 N–H and O–H groups in total. The van der Waals surface area contributed by atoms with E-state index in [4.69, 9.17) is 4.74 Å². The Bertz CT molecular complexity index is 602. The third-order valence-corrected chi connectivity index (χ3v) is 5.38. The second-order valence-electron chi connectivity index (χ2n) is 7.30. The first-order valence-electron chi connectivity index (χ1n) is 10.1. The van der Waals surface area contributed by atoms with E-state index in [-0.39, 0.29) is 5.92 Å². The van der Waals surface area contributed by atoms with Gasteiger partial charge in [0.2, 0.25) is 0 Å². The lowest BCUT2D eigenvalue weighted by Crippen LogP contribution is -2.48. The zero-order valence-electron chi connectivity index (χ0n) is 16.3. The number of piperazine rings is 1. The third kappa shape index (κ3) is 6.15. The Morgan fingerprint density at radius 1 is 0.815 bits per heavy atom. The maximum Gasteiger partial charge on any atom is 0.0900 e. The molecule has 27 heavy (non-hydrogen) atoms. The van der Waals surface area contributed by atoms with Crippen LogP contribution in [0.1, 0.15) is 24.0 Å². The molecule has 0 radical (unpaired) electrons. The van der Waals surface area contributed by atoms with E-state index in [1.807, 2.05) is 12.1 Å². The molecule has 3 rings (SSSR count). The van der Waals surface area contributed by atoms with Gasteiger partial charge in [-0.15, -0.1) is 0 Å². The van der Waals surface area contributed by atoms with Crippen molar-refractivity contribution >= 4 is 0 Å². The highest BCUT2D eigenvalue weighted by molar-refractivity contribution is 5.32. The summed E-state index contributed by atoms with van der Waals surface area (Å²) in [6, 6.07) is 20.9. The van der Waals surface area contributed by atoms with E-state index in [1.54, 1.807) is 0 Å². The number of benzene rings is 2. The Kier molecular flexibility index (Phi) is 7.84. The summed E-state index contributed by atoms with van der Waals surface area (Å²) in [5.41, 5.74) is 2.49. The lowest BCUT2D eigenvalue weighted by Gasteiger charge is -2.35. The minimum Gasteiger partial charge on any atom is -0.389 e. The predicted molar refractivity (Wildman–Crippen MR) is 110 cm³/mol. The number of aliphatic hydroxyl groups is 1. The van der Waals surface area contributed by atoms with Crippen molar-refractivity contribution in [2.45, 2.75) is 18.9 Å². The van der Waals surface area contributed by atoms with Crippen molar-refractivity contribution in [2.75, 3.05) is 52.5 Å². The molecule has 4 nitrogen and oxygen atoms in total. The largest absolute Gasteiger partial charge is 0.389 e. The van der Waals surface area contributed by atoms with Crippen LogP contribution >= 0.6 is 0 Å². The number of hydrogen-bond acceptors (Lipinski definition) is 4. The van der Waals surface area contributed by atoms with Crippen molar-refractivity contribution in [3.05, 3.63) is 71.8 Å². The van der Waals surface area contributed by atoms with Crippen LogP contribution in [-0.4, -0.2) is 73.5 Å². The van der Waals surface area contributed by atoms with E-state index >= 15 is 0 Å². The van der Waals surface area contributed by atoms with E-state index in [0.29, 0.717) is 19.8 Å². The zero-order chi connectivity index (χ0) is 18.9. The summed E-state index contributed by atoms with van der Waals surface area (Å²) in [4.78, 5) is 4.79. The highest BCUT2D eigenvalue weighted by Crippen LogP contribution is 2.24. The van der Waals surface area contributed by atoms with Crippen LogP contribution < -0.4 is 0 Å². The Morgan fingerprint density at radius 2 is 1.33 bits per heavy atom. The van der Waals surface area contributed by atoms with Crippen LogP contribution in [0.2, 0.25) is 0 Å². The molecule has 0 aliphatic carbocycles. The van der Waals surface area contributed by atoms with Gasteiger partial charge in [-0.3, -0.25) is 4.90 Å². The van der Waals surface area contributed by atoms with Crippen LogP contribution in [0.5, 0.6) is 0 Å². The molecule has 0 spiro atoms. The van der Waals surface area contributed by atoms with Crippen LogP contribution in [0.3, 0.4) is 0 Å². The van der Waals surface area contributed by atoms with Crippen molar-refractivity contribution in [1.29, 1.82) is 0 Å². The normalized spacial score (nSPS) is 17.3. The molecule has 1 atom stereocenters. The summed E-state index contributed by atoms with van der Waals surface area (Å²) in [6.07, 6.45) is -0.439. The zero-order valence-corrected chi connectivity index (χ0v) is 16.3. The summed E-state index contributed by atoms with van der Waals surface area (Å²) >= 11 is 0. The number of likely N-dealkylation sites (N-methyl/N-ethyl adjacent to an activating group) is 1. The molecule has 146 valence electrons. The molecular formula is C23H32N2O2. The third-order valence-electron chi connectivity index (χ3n) is 5.38. The van der Waals surface area contributed by atoms with Crippen molar-refractivity contribution < 1.29 is 9.84 Å². The first-order valence-corrected chi connectivity index (χ1v) is 10.1. The quantitative estimate of drug-likeness (QED) is 0.738. The SMILES string of the molecule is CCN1CCN(C[C@H](O)COCC(c2ccccc2)c2ccccc2)CC1. The van der Waals surface area contributed by atoms with Gasteiger partial charge in [0.15, 0.2) is 0 Å². The fourth-order valence-electron chi connectivity index (χ4n) is 3.72. The molecule has 0 bridgehead atoms. The van der Waals surface area contributed by atoms with Crippen molar-refractivity contribution in [2.24, 2.45) is 0 Å². The van der Waals surface area contributed by atoms with Crippen molar-refractivity contribution in [3.8, 4) is 0 Å². The number of nitrogens with zero attached hydrogens (tertiary/aromatic N) is 2. The average molecular weight is 369 g/mol. The van der Waals surface area contributed by atoms with Gasteiger partial charge < -0.3 is 14.7 Å². The van der Waals surface area contributed by atoms with Gasteiger partial charge in [-0.05, 0) is 17.7 Å². The van der Waals surface area contributed by atoms with Crippen LogP contribution in [0.15, 0.2) is 60.7 Å². The lowest BCUT2D eigenvalue weighted by molar-refractivity contribution is 0.00566. The van der Waals surface area contributed by atoms with Gasteiger partial charge in [0, 0.05) is 38.6 Å². The Hall–Kier alpha value is -1.72. The van der Waals surface area contributed by atoms with Gasteiger partial charge in [-0.2, -0.15) is 0 Å². The van der Waals surface area contributed by atoms with Crippen LogP contribution in [0, 0.1) is 0 Å². The number of β-amino-alcohol motifs (C(OH)–C–C–N with tert-alkyl or cyclic N) is 1. The summed E-state index contributed by atoms with van der Waals surface area (Å²) < 4.78 is 5.96. The van der Waals surface area contributed by atoms with Gasteiger partial charge >= 0.3 is 0 Å². The molecule has 1 aliphatic heterocycles. The van der Waals surface area contributed by atoms with Crippen molar-refractivity contribution in [3.63, 3.8) is 0 Å². The lowest BCUT2D eigenvalue weighted by atomic mass is 9.92. The van der Waals surface area contributed by atoms with Gasteiger partial charge in [-0.25, -0.2) is 0 Å². The number of aliphatic hydroxyl groups excluding tert-OH is 1. The van der Waals surface area contributed by atoms with E-state index < -0.39 is 6.10 Å². The molecule has 0 amide bonds. The van der Waals surface area contributed by atoms with E-state index in [1.165, 1.54) is 11.1 Å². The first kappa shape index (κ1) is 20.0. The smallest absolute Gasteiger partial charge is 0.0900 e. The summed E-state index contributed by atoms with van der Waals surface area (Å²) in [7, 11) is 0. The number of rotatable bonds is 9. The second-order valence-corrected chi connectivity index (χ2v) is 7.30. The van der Waals surface area contributed by atoms with E-state index in [2.05, 4.69) is 65.3 Å². The minimum atomic E-state index is -0.439. The topological polar surface area (TPSA) is 35.9 Å². The Morgan fingerprint density at radius 3 is 1.85 bits per heavy atom. The van der Waals surface area contributed by atoms with Crippen LogP contribution in [-0.2, 0) is 4.74 Å². The molecule has 2 aromatic carbocycles. The molecule has 0 aromatic heterocycles. The fourth-order valence-corrected chi connectivity index (χ4v) is 3.72. The van der Waals surface area contributed by atoms with Gasteiger partial charge in [0.1, 0.15) is 0 Å². The molecule has 1 fully saturated rings. The van der Waals surface area contributed by atoms with Gasteiger partial charge in [0.25, 0.3) is 0 Å². The fraction of sp³-hybridized carbons (Fsp3) is 0.478. The maximum atomic E-state index is 10.4. The average Bonchev–Trinajstić information content (AvgIpc) is 2.73. The van der Waals surface area contributed by atoms with E-state index in [0.717, 1.165) is 32.7 Å². The van der Waals surface area contributed by atoms with Crippen molar-refractivity contribution in [1.82, 2.24) is 9.80 Å². The van der Waals surface area contributed by atoms with Crippen LogP contribution in [0.25, 0.3) is 0 Å². The molecule has 1 saturated heterocycles. The summed E-state index contributed by atoms with van der Waals surface area (Å²) in [5.74, 6) is 0.188. The first-order chi connectivity index (χ1) is 13.3. The van der Waals surface area contributed by atoms with Gasteiger partial charge in [0.05, 0.1) is 19.3 Å². The monoisotopic (exact) mass is 368 g/mol.